The molecule has 2 atom stereocenters. The highest BCUT2D eigenvalue weighted by Crippen LogP contribution is 2.25. The molecule has 0 aliphatic heterocycles. The monoisotopic (exact) mass is 278 g/mol. The largest absolute Gasteiger partial charge is 0.373 e. The summed E-state index contributed by atoms with van der Waals surface area (Å²) in [4.78, 5) is 12.0. The zero-order valence-electron chi connectivity index (χ0n) is 11.1. The lowest BCUT2D eigenvalue weighted by Crippen LogP contribution is -2.21. The molecule has 1 aliphatic carbocycles. The fourth-order valence-electron chi connectivity index (χ4n) is 2.31. The van der Waals surface area contributed by atoms with Crippen molar-refractivity contribution in [2.75, 3.05) is 13.2 Å². The van der Waals surface area contributed by atoms with Gasteiger partial charge in [0.2, 0.25) is 0 Å². The first kappa shape index (κ1) is 14.3. The molecule has 3 heteroatoms. The van der Waals surface area contributed by atoms with Crippen LogP contribution in [0.1, 0.15) is 30.1 Å². The molecule has 19 heavy (non-hydrogen) atoms. The van der Waals surface area contributed by atoms with Gasteiger partial charge in [-0.1, -0.05) is 42.8 Å². The topological polar surface area (TPSA) is 26.3 Å². The van der Waals surface area contributed by atoms with Crippen LogP contribution in [-0.4, -0.2) is 19.0 Å². The number of allylic oxidation sites excluding steroid dienone is 2. The quantitative estimate of drug-likeness (QED) is 0.598. The van der Waals surface area contributed by atoms with Gasteiger partial charge < -0.3 is 4.74 Å². The molecule has 0 spiro atoms. The van der Waals surface area contributed by atoms with E-state index in [9.17, 15) is 4.79 Å². The zero-order valence-corrected chi connectivity index (χ0v) is 11.9. The number of halogens is 1. The predicted octanol–water partition coefficient (Wildman–Crippen LogP) is 4.14. The third kappa shape index (κ3) is 3.92. The SMILES string of the molecule is CC1CC=CCC1COCC(=O)c1ccccc1Cl. The fourth-order valence-corrected chi connectivity index (χ4v) is 2.55. The molecule has 0 bridgehead atoms. The molecule has 2 rings (SSSR count). The van der Waals surface area contributed by atoms with Crippen LogP contribution in [0.15, 0.2) is 36.4 Å². The molecule has 1 aromatic carbocycles. The van der Waals surface area contributed by atoms with E-state index in [0.717, 1.165) is 12.8 Å². The molecule has 0 amide bonds. The van der Waals surface area contributed by atoms with Crippen LogP contribution in [0.5, 0.6) is 0 Å². The molecule has 0 aromatic heterocycles. The Morgan fingerprint density at radius 3 is 2.79 bits per heavy atom. The number of Topliss-reactive ketones (excluding diaryl/α,β-unsaturated/α-hetero) is 1. The summed E-state index contributed by atoms with van der Waals surface area (Å²) < 4.78 is 5.57. The number of hydrogen-bond donors (Lipinski definition) is 0. The second-order valence-corrected chi connectivity index (χ2v) is 5.51. The lowest BCUT2D eigenvalue weighted by molar-refractivity contribution is 0.0602. The minimum Gasteiger partial charge on any atom is -0.373 e. The normalized spacial score (nSPS) is 22.4. The first-order valence-electron chi connectivity index (χ1n) is 6.69. The molecule has 1 aliphatic rings. The Morgan fingerprint density at radius 2 is 2.05 bits per heavy atom. The van der Waals surface area contributed by atoms with Crippen LogP contribution in [0.2, 0.25) is 5.02 Å². The van der Waals surface area contributed by atoms with E-state index in [1.54, 1.807) is 12.1 Å². The number of ether oxygens (including phenoxy) is 1. The molecule has 0 fully saturated rings. The van der Waals surface area contributed by atoms with Crippen molar-refractivity contribution in [2.45, 2.75) is 19.8 Å². The number of carbonyl (C=O) groups is 1. The molecule has 0 saturated carbocycles. The van der Waals surface area contributed by atoms with Crippen LogP contribution in [-0.2, 0) is 4.74 Å². The van der Waals surface area contributed by atoms with Crippen LogP contribution in [0, 0.1) is 11.8 Å². The Morgan fingerprint density at radius 1 is 1.32 bits per heavy atom. The maximum absolute atomic E-state index is 12.0. The summed E-state index contributed by atoms with van der Waals surface area (Å²) in [7, 11) is 0. The summed E-state index contributed by atoms with van der Waals surface area (Å²) in [5.74, 6) is 1.09. The van der Waals surface area contributed by atoms with Crippen LogP contribution in [0.4, 0.5) is 0 Å². The van der Waals surface area contributed by atoms with Crippen molar-refractivity contribution in [2.24, 2.45) is 11.8 Å². The van der Waals surface area contributed by atoms with Gasteiger partial charge >= 0.3 is 0 Å². The highest BCUT2D eigenvalue weighted by Gasteiger charge is 2.19. The van der Waals surface area contributed by atoms with Crippen LogP contribution in [0.25, 0.3) is 0 Å². The third-order valence-corrected chi connectivity index (χ3v) is 3.99. The van der Waals surface area contributed by atoms with E-state index in [4.69, 9.17) is 16.3 Å². The van der Waals surface area contributed by atoms with E-state index >= 15 is 0 Å². The molecule has 0 N–H and O–H groups in total. The van der Waals surface area contributed by atoms with Gasteiger partial charge in [-0.15, -0.1) is 0 Å². The smallest absolute Gasteiger partial charge is 0.189 e. The van der Waals surface area contributed by atoms with Crippen molar-refractivity contribution >= 4 is 17.4 Å². The molecule has 0 saturated heterocycles. The Bertz CT molecular complexity index is 468. The first-order chi connectivity index (χ1) is 9.18. The van der Waals surface area contributed by atoms with E-state index in [0.29, 0.717) is 29.0 Å². The number of ketones is 1. The molecular formula is C16H19ClO2. The van der Waals surface area contributed by atoms with E-state index in [1.165, 1.54) is 0 Å². The lowest BCUT2D eigenvalue weighted by Gasteiger charge is -2.24. The van der Waals surface area contributed by atoms with Gasteiger partial charge in [-0.05, 0) is 36.8 Å². The summed E-state index contributed by atoms with van der Waals surface area (Å²) >= 11 is 5.98. The average Bonchev–Trinajstić information content (AvgIpc) is 2.41. The van der Waals surface area contributed by atoms with Crippen molar-refractivity contribution < 1.29 is 9.53 Å². The predicted molar refractivity (Wildman–Crippen MR) is 77.6 cm³/mol. The minimum atomic E-state index is -0.0513. The number of rotatable bonds is 5. The summed E-state index contributed by atoms with van der Waals surface area (Å²) in [6, 6.07) is 7.09. The fraction of sp³-hybridized carbons (Fsp3) is 0.438. The standard InChI is InChI=1S/C16H19ClO2/c1-12-6-2-3-7-13(12)10-19-11-16(18)14-8-4-5-9-15(14)17/h2-5,8-9,12-13H,6-7,10-11H2,1H3. The highest BCUT2D eigenvalue weighted by molar-refractivity contribution is 6.34. The number of benzene rings is 1. The third-order valence-electron chi connectivity index (χ3n) is 3.66. The van der Waals surface area contributed by atoms with Gasteiger partial charge in [0.15, 0.2) is 5.78 Å². The van der Waals surface area contributed by atoms with Crippen molar-refractivity contribution in [1.29, 1.82) is 0 Å². The van der Waals surface area contributed by atoms with E-state index < -0.39 is 0 Å². The van der Waals surface area contributed by atoms with Gasteiger partial charge in [0, 0.05) is 5.56 Å². The molecule has 2 unspecified atom stereocenters. The summed E-state index contributed by atoms with van der Waals surface area (Å²) in [6.45, 7) is 2.98. The maximum atomic E-state index is 12.0. The van der Waals surface area contributed by atoms with Crippen molar-refractivity contribution in [3.05, 3.63) is 47.0 Å². The lowest BCUT2D eigenvalue weighted by atomic mass is 9.85. The van der Waals surface area contributed by atoms with Crippen molar-refractivity contribution in [3.63, 3.8) is 0 Å². The Kier molecular flexibility index (Phi) is 5.17. The molecule has 0 radical (unpaired) electrons. The van der Waals surface area contributed by atoms with Gasteiger partial charge in [0.25, 0.3) is 0 Å². The zero-order chi connectivity index (χ0) is 13.7. The molecule has 0 heterocycles. The summed E-state index contributed by atoms with van der Waals surface area (Å²) in [5.41, 5.74) is 0.542. The highest BCUT2D eigenvalue weighted by atomic mass is 35.5. The number of hydrogen-bond acceptors (Lipinski definition) is 2. The Balaban J connectivity index is 1.81. The van der Waals surface area contributed by atoms with Crippen LogP contribution >= 0.6 is 11.6 Å². The molecular weight excluding hydrogens is 260 g/mol. The van der Waals surface area contributed by atoms with Crippen LogP contribution in [0.3, 0.4) is 0 Å². The maximum Gasteiger partial charge on any atom is 0.189 e. The van der Waals surface area contributed by atoms with Crippen LogP contribution < -0.4 is 0 Å². The first-order valence-corrected chi connectivity index (χ1v) is 7.06. The van der Waals surface area contributed by atoms with Gasteiger partial charge in [0.05, 0.1) is 11.6 Å². The Labute approximate surface area is 119 Å². The second kappa shape index (κ2) is 6.88. The van der Waals surface area contributed by atoms with Crippen molar-refractivity contribution in [1.82, 2.24) is 0 Å². The number of carbonyl (C=O) groups excluding carboxylic acids is 1. The Hall–Kier alpha value is -1.12. The van der Waals surface area contributed by atoms with E-state index in [1.807, 2.05) is 12.1 Å². The molecule has 2 nitrogen and oxygen atoms in total. The van der Waals surface area contributed by atoms with Gasteiger partial charge in [-0.2, -0.15) is 0 Å². The van der Waals surface area contributed by atoms with E-state index in [-0.39, 0.29) is 12.4 Å². The summed E-state index contributed by atoms with van der Waals surface area (Å²) in [5, 5.41) is 0.491. The second-order valence-electron chi connectivity index (χ2n) is 5.10. The van der Waals surface area contributed by atoms with Gasteiger partial charge in [-0.3, -0.25) is 4.79 Å². The molecule has 102 valence electrons. The summed E-state index contributed by atoms with van der Waals surface area (Å²) in [6.07, 6.45) is 6.56. The van der Waals surface area contributed by atoms with E-state index in [2.05, 4.69) is 19.1 Å². The van der Waals surface area contributed by atoms with Gasteiger partial charge in [0.1, 0.15) is 6.61 Å². The van der Waals surface area contributed by atoms with Gasteiger partial charge in [-0.25, -0.2) is 0 Å². The van der Waals surface area contributed by atoms with Crippen molar-refractivity contribution in [3.8, 4) is 0 Å². The molecule has 1 aromatic rings. The average molecular weight is 279 g/mol. The minimum absolute atomic E-state index is 0.0513.